The maximum absolute atomic E-state index is 12.4. The van der Waals surface area contributed by atoms with Crippen molar-refractivity contribution in [2.24, 2.45) is 5.92 Å². The lowest BCUT2D eigenvalue weighted by molar-refractivity contribution is -0.137. The number of nitrogens with zero attached hydrogens (tertiary/aromatic N) is 3. The van der Waals surface area contributed by atoms with Crippen LogP contribution in [-0.2, 0) is 11.3 Å². The van der Waals surface area contributed by atoms with Crippen LogP contribution >= 0.6 is 0 Å². The molecule has 1 aromatic rings. The Balaban J connectivity index is 1.48. The van der Waals surface area contributed by atoms with Crippen LogP contribution in [0.4, 0.5) is 0 Å². The van der Waals surface area contributed by atoms with Gasteiger partial charge >= 0.3 is 0 Å². The predicted octanol–water partition coefficient (Wildman–Crippen LogP) is 1.92. The first-order valence-electron chi connectivity index (χ1n) is 7.73. The Morgan fingerprint density at radius 3 is 2.60 bits per heavy atom. The summed E-state index contributed by atoms with van der Waals surface area (Å²) in [7, 11) is 0. The van der Waals surface area contributed by atoms with Crippen LogP contribution in [0.1, 0.15) is 31.2 Å². The van der Waals surface area contributed by atoms with E-state index in [1.54, 1.807) is 0 Å². The van der Waals surface area contributed by atoms with Crippen LogP contribution in [0.5, 0.6) is 0 Å². The second-order valence-corrected chi connectivity index (χ2v) is 5.94. The molecule has 1 aliphatic heterocycles. The number of pyridine rings is 1. The number of carbonyl (C=O) groups is 1. The van der Waals surface area contributed by atoms with Gasteiger partial charge in [-0.05, 0) is 24.5 Å². The minimum absolute atomic E-state index is 0.319. The van der Waals surface area contributed by atoms with E-state index in [0.29, 0.717) is 11.8 Å². The highest BCUT2D eigenvalue weighted by Crippen LogP contribution is 2.27. The van der Waals surface area contributed by atoms with Crippen LogP contribution in [0.15, 0.2) is 24.5 Å². The third-order valence-corrected chi connectivity index (χ3v) is 4.52. The van der Waals surface area contributed by atoms with E-state index in [1.807, 2.05) is 18.5 Å². The highest BCUT2D eigenvalue weighted by Gasteiger charge is 2.29. The fourth-order valence-corrected chi connectivity index (χ4v) is 3.31. The molecule has 1 aromatic heterocycles. The predicted molar refractivity (Wildman–Crippen MR) is 78.1 cm³/mol. The zero-order valence-electron chi connectivity index (χ0n) is 12.0. The van der Waals surface area contributed by atoms with Crippen molar-refractivity contribution in [1.29, 1.82) is 0 Å². The van der Waals surface area contributed by atoms with Crippen molar-refractivity contribution in [2.45, 2.75) is 32.2 Å². The number of hydrogen-bond acceptors (Lipinski definition) is 3. The highest BCUT2D eigenvalue weighted by molar-refractivity contribution is 5.79. The molecule has 4 nitrogen and oxygen atoms in total. The molecule has 4 heteroatoms. The molecule has 1 saturated carbocycles. The third kappa shape index (κ3) is 3.18. The second-order valence-electron chi connectivity index (χ2n) is 5.94. The Morgan fingerprint density at radius 1 is 1.20 bits per heavy atom. The van der Waals surface area contributed by atoms with Gasteiger partial charge in [-0.1, -0.05) is 18.9 Å². The lowest BCUT2D eigenvalue weighted by atomic mass is 10.1. The van der Waals surface area contributed by atoms with Crippen molar-refractivity contribution >= 4 is 5.91 Å². The average molecular weight is 273 g/mol. The Labute approximate surface area is 120 Å². The molecule has 2 heterocycles. The molecular weight excluding hydrogens is 250 g/mol. The van der Waals surface area contributed by atoms with E-state index in [-0.39, 0.29) is 0 Å². The topological polar surface area (TPSA) is 36.4 Å². The van der Waals surface area contributed by atoms with Gasteiger partial charge < -0.3 is 4.90 Å². The van der Waals surface area contributed by atoms with Crippen molar-refractivity contribution in [1.82, 2.24) is 14.8 Å². The Bertz CT molecular complexity index is 434. The van der Waals surface area contributed by atoms with Gasteiger partial charge in [-0.3, -0.25) is 14.7 Å². The largest absolute Gasteiger partial charge is 0.340 e. The summed E-state index contributed by atoms with van der Waals surface area (Å²) in [5.74, 6) is 0.725. The van der Waals surface area contributed by atoms with E-state index in [9.17, 15) is 4.79 Å². The molecule has 0 bridgehead atoms. The van der Waals surface area contributed by atoms with Gasteiger partial charge in [0.2, 0.25) is 5.91 Å². The number of rotatable bonds is 3. The molecule has 2 aliphatic rings. The van der Waals surface area contributed by atoms with Crippen LogP contribution in [0.25, 0.3) is 0 Å². The van der Waals surface area contributed by atoms with E-state index in [1.165, 1.54) is 18.4 Å². The average Bonchev–Trinajstić information content (AvgIpc) is 3.03. The standard InChI is InChI=1S/C16H23N3O/c20-16(15-5-1-2-6-15)19-10-8-18(9-11-19)13-14-4-3-7-17-12-14/h3-4,7,12,15H,1-2,5-6,8-11,13H2. The summed E-state index contributed by atoms with van der Waals surface area (Å²) in [6, 6.07) is 4.10. The van der Waals surface area contributed by atoms with E-state index in [0.717, 1.165) is 45.6 Å². The minimum atomic E-state index is 0.319. The number of amides is 1. The fraction of sp³-hybridized carbons (Fsp3) is 0.625. The molecule has 0 atom stereocenters. The molecule has 0 aromatic carbocycles. The molecule has 0 unspecified atom stereocenters. The van der Waals surface area contributed by atoms with Crippen LogP contribution in [-0.4, -0.2) is 46.9 Å². The molecule has 1 aliphatic carbocycles. The summed E-state index contributed by atoms with van der Waals surface area (Å²) in [4.78, 5) is 21.0. The molecule has 2 fully saturated rings. The number of piperazine rings is 1. The normalized spacial score (nSPS) is 21.3. The van der Waals surface area contributed by atoms with Gasteiger partial charge in [-0.15, -0.1) is 0 Å². The van der Waals surface area contributed by atoms with E-state index in [2.05, 4.69) is 20.9 Å². The van der Waals surface area contributed by atoms with E-state index < -0.39 is 0 Å². The van der Waals surface area contributed by atoms with Gasteiger partial charge in [0.15, 0.2) is 0 Å². The lowest BCUT2D eigenvalue weighted by Gasteiger charge is -2.36. The lowest BCUT2D eigenvalue weighted by Crippen LogP contribution is -2.49. The van der Waals surface area contributed by atoms with Crippen LogP contribution in [0.3, 0.4) is 0 Å². The van der Waals surface area contributed by atoms with Gasteiger partial charge in [0.25, 0.3) is 0 Å². The summed E-state index contributed by atoms with van der Waals surface area (Å²) in [5, 5.41) is 0. The molecule has 1 amide bonds. The van der Waals surface area contributed by atoms with Gasteiger partial charge in [0, 0.05) is 51.0 Å². The Kier molecular flexibility index (Phi) is 4.31. The number of carbonyl (C=O) groups excluding carboxylic acids is 1. The van der Waals surface area contributed by atoms with Crippen LogP contribution in [0, 0.1) is 5.92 Å². The highest BCUT2D eigenvalue weighted by atomic mass is 16.2. The molecule has 20 heavy (non-hydrogen) atoms. The summed E-state index contributed by atoms with van der Waals surface area (Å²) < 4.78 is 0. The third-order valence-electron chi connectivity index (χ3n) is 4.52. The van der Waals surface area contributed by atoms with Gasteiger partial charge in [-0.25, -0.2) is 0 Å². The summed E-state index contributed by atoms with van der Waals surface area (Å²) in [6.07, 6.45) is 8.41. The summed E-state index contributed by atoms with van der Waals surface area (Å²) in [5.41, 5.74) is 1.25. The smallest absolute Gasteiger partial charge is 0.225 e. The molecule has 0 radical (unpaired) electrons. The first-order valence-corrected chi connectivity index (χ1v) is 7.73. The van der Waals surface area contributed by atoms with Crippen LogP contribution in [0.2, 0.25) is 0 Å². The fourth-order valence-electron chi connectivity index (χ4n) is 3.31. The molecule has 3 rings (SSSR count). The molecule has 0 N–H and O–H groups in total. The molecule has 0 spiro atoms. The molecular formula is C16H23N3O. The van der Waals surface area contributed by atoms with Gasteiger partial charge in [0.05, 0.1) is 0 Å². The van der Waals surface area contributed by atoms with Gasteiger partial charge in [0.1, 0.15) is 0 Å². The van der Waals surface area contributed by atoms with Crippen LogP contribution < -0.4 is 0 Å². The SMILES string of the molecule is O=C(C1CCCC1)N1CCN(Cc2cccnc2)CC1. The number of aromatic nitrogens is 1. The van der Waals surface area contributed by atoms with Crippen molar-refractivity contribution in [3.05, 3.63) is 30.1 Å². The Morgan fingerprint density at radius 2 is 1.95 bits per heavy atom. The second kappa shape index (κ2) is 6.35. The zero-order valence-corrected chi connectivity index (χ0v) is 12.0. The van der Waals surface area contributed by atoms with E-state index >= 15 is 0 Å². The quantitative estimate of drug-likeness (QED) is 0.844. The molecule has 1 saturated heterocycles. The summed E-state index contributed by atoms with van der Waals surface area (Å²) in [6.45, 7) is 4.67. The Hall–Kier alpha value is -1.42. The maximum Gasteiger partial charge on any atom is 0.225 e. The summed E-state index contributed by atoms with van der Waals surface area (Å²) >= 11 is 0. The minimum Gasteiger partial charge on any atom is -0.340 e. The molecule has 108 valence electrons. The van der Waals surface area contributed by atoms with Crippen molar-refractivity contribution in [3.8, 4) is 0 Å². The first-order chi connectivity index (χ1) is 9.83. The maximum atomic E-state index is 12.4. The van der Waals surface area contributed by atoms with Crippen molar-refractivity contribution < 1.29 is 4.79 Å². The van der Waals surface area contributed by atoms with E-state index in [4.69, 9.17) is 0 Å². The van der Waals surface area contributed by atoms with Crippen molar-refractivity contribution in [2.75, 3.05) is 26.2 Å². The first kappa shape index (κ1) is 13.6. The number of hydrogen-bond donors (Lipinski definition) is 0. The monoisotopic (exact) mass is 273 g/mol. The van der Waals surface area contributed by atoms with Crippen molar-refractivity contribution in [3.63, 3.8) is 0 Å². The zero-order chi connectivity index (χ0) is 13.8. The van der Waals surface area contributed by atoms with Gasteiger partial charge in [-0.2, -0.15) is 0 Å².